The van der Waals surface area contributed by atoms with E-state index in [4.69, 9.17) is 9.47 Å². The molecule has 182 valence electrons. The highest BCUT2D eigenvalue weighted by molar-refractivity contribution is 9.10. The van der Waals surface area contributed by atoms with Crippen molar-refractivity contribution in [1.29, 1.82) is 0 Å². The van der Waals surface area contributed by atoms with Crippen LogP contribution in [0.2, 0.25) is 0 Å². The zero-order chi connectivity index (χ0) is 25.4. The summed E-state index contributed by atoms with van der Waals surface area (Å²) in [5, 5.41) is 7.28. The van der Waals surface area contributed by atoms with Gasteiger partial charge in [-0.2, -0.15) is 0 Å². The Morgan fingerprint density at radius 1 is 0.541 bits per heavy atom. The van der Waals surface area contributed by atoms with Crippen LogP contribution in [0.5, 0.6) is 11.5 Å². The van der Waals surface area contributed by atoms with E-state index < -0.39 is 0 Å². The third-order valence-electron chi connectivity index (χ3n) is 7.15. The molecular formula is C34H27BrO2. The van der Waals surface area contributed by atoms with Crippen molar-refractivity contribution in [3.63, 3.8) is 0 Å². The summed E-state index contributed by atoms with van der Waals surface area (Å²) in [4.78, 5) is 0. The van der Waals surface area contributed by atoms with Gasteiger partial charge in [-0.15, -0.1) is 0 Å². The fraction of sp³-hybridized carbons (Fsp3) is 0.118. The predicted octanol–water partition coefficient (Wildman–Crippen LogP) is 9.68. The monoisotopic (exact) mass is 546 g/mol. The first-order valence-electron chi connectivity index (χ1n) is 12.5. The van der Waals surface area contributed by atoms with Crippen LogP contribution in [0.3, 0.4) is 0 Å². The Balaban J connectivity index is 1.56. The molecule has 0 atom stereocenters. The standard InChI is InChI=1S/C34H27BrO2/c1-22-26-15-9-10-16-27(26)23(2)32-28(22)17-18-29-33(32)30(35)19-31(36-20-24-11-5-3-6-12-24)34(29)37-21-25-13-7-4-8-14-25/h3-19H,20-21H2,1-2H3. The molecule has 0 spiro atoms. The van der Waals surface area contributed by atoms with Crippen molar-refractivity contribution in [2.45, 2.75) is 27.1 Å². The molecule has 0 saturated heterocycles. The van der Waals surface area contributed by atoms with Crippen molar-refractivity contribution < 1.29 is 9.47 Å². The fourth-order valence-corrected chi connectivity index (χ4v) is 5.89. The molecule has 0 amide bonds. The van der Waals surface area contributed by atoms with Gasteiger partial charge in [0.25, 0.3) is 0 Å². The normalized spacial score (nSPS) is 11.3. The molecule has 0 aliphatic heterocycles. The van der Waals surface area contributed by atoms with E-state index in [1.54, 1.807) is 0 Å². The van der Waals surface area contributed by atoms with E-state index in [0.29, 0.717) is 13.2 Å². The number of aryl methyl sites for hydroxylation is 2. The Bertz CT molecular complexity index is 1740. The van der Waals surface area contributed by atoms with Crippen LogP contribution < -0.4 is 9.47 Å². The lowest BCUT2D eigenvalue weighted by molar-refractivity contribution is 0.258. The van der Waals surface area contributed by atoms with Crippen molar-refractivity contribution in [3.05, 3.63) is 130 Å². The highest BCUT2D eigenvalue weighted by Crippen LogP contribution is 2.46. The molecule has 0 aliphatic carbocycles. The van der Waals surface area contributed by atoms with Gasteiger partial charge in [-0.3, -0.25) is 0 Å². The summed E-state index contributed by atoms with van der Waals surface area (Å²) in [6.07, 6.45) is 0. The van der Waals surface area contributed by atoms with Gasteiger partial charge in [-0.25, -0.2) is 0 Å². The Kier molecular flexibility index (Phi) is 6.31. The number of fused-ring (bicyclic) bond motifs is 4. The first-order chi connectivity index (χ1) is 18.1. The van der Waals surface area contributed by atoms with E-state index in [-0.39, 0.29) is 0 Å². The van der Waals surface area contributed by atoms with Crippen LogP contribution in [0.25, 0.3) is 32.3 Å². The SMILES string of the molecule is Cc1c2ccccc2c(C)c2c1ccc1c(OCc3ccccc3)c(OCc3ccccc3)cc(Br)c12. The number of ether oxygens (including phenoxy) is 2. The zero-order valence-corrected chi connectivity index (χ0v) is 22.5. The summed E-state index contributed by atoms with van der Waals surface area (Å²) in [5.41, 5.74) is 4.80. The Morgan fingerprint density at radius 2 is 1.08 bits per heavy atom. The first kappa shape index (κ1) is 23.6. The van der Waals surface area contributed by atoms with Gasteiger partial charge in [0.1, 0.15) is 13.2 Å². The van der Waals surface area contributed by atoms with Crippen molar-refractivity contribution in [2.75, 3.05) is 0 Å². The van der Waals surface area contributed by atoms with Crippen LogP contribution in [-0.2, 0) is 13.2 Å². The predicted molar refractivity (Wildman–Crippen MR) is 158 cm³/mol. The molecule has 0 aliphatic rings. The Morgan fingerprint density at radius 3 is 1.73 bits per heavy atom. The maximum Gasteiger partial charge on any atom is 0.169 e. The van der Waals surface area contributed by atoms with Gasteiger partial charge in [-0.1, -0.05) is 91.0 Å². The lowest BCUT2D eigenvalue weighted by Gasteiger charge is -2.20. The van der Waals surface area contributed by atoms with Gasteiger partial charge < -0.3 is 9.47 Å². The molecule has 6 aromatic carbocycles. The van der Waals surface area contributed by atoms with Crippen LogP contribution in [0, 0.1) is 13.8 Å². The van der Waals surface area contributed by atoms with Gasteiger partial charge in [0.05, 0.1) is 0 Å². The average Bonchev–Trinajstić information content (AvgIpc) is 2.95. The summed E-state index contributed by atoms with van der Waals surface area (Å²) in [5.74, 6) is 1.50. The van der Waals surface area contributed by atoms with E-state index >= 15 is 0 Å². The van der Waals surface area contributed by atoms with Crippen LogP contribution in [0.1, 0.15) is 22.3 Å². The van der Waals surface area contributed by atoms with E-state index in [9.17, 15) is 0 Å². The second-order valence-electron chi connectivity index (χ2n) is 9.44. The van der Waals surface area contributed by atoms with Crippen LogP contribution in [0.4, 0.5) is 0 Å². The maximum absolute atomic E-state index is 6.54. The van der Waals surface area contributed by atoms with Crippen LogP contribution in [-0.4, -0.2) is 0 Å². The molecule has 0 saturated carbocycles. The minimum atomic E-state index is 0.465. The van der Waals surface area contributed by atoms with Crippen molar-refractivity contribution in [1.82, 2.24) is 0 Å². The lowest BCUT2D eigenvalue weighted by atomic mass is 9.90. The third-order valence-corrected chi connectivity index (χ3v) is 7.77. The van der Waals surface area contributed by atoms with Crippen molar-refractivity contribution >= 4 is 48.2 Å². The second-order valence-corrected chi connectivity index (χ2v) is 10.3. The molecule has 37 heavy (non-hydrogen) atoms. The summed E-state index contributed by atoms with van der Waals surface area (Å²) < 4.78 is 13.9. The minimum Gasteiger partial charge on any atom is -0.485 e. The van der Waals surface area contributed by atoms with E-state index in [2.05, 4.69) is 96.5 Å². The molecule has 0 N–H and O–H groups in total. The maximum atomic E-state index is 6.54. The fourth-order valence-electron chi connectivity index (χ4n) is 5.27. The third kappa shape index (κ3) is 4.34. The Labute approximate surface area is 225 Å². The molecule has 3 heteroatoms. The minimum absolute atomic E-state index is 0.465. The van der Waals surface area contributed by atoms with E-state index in [1.165, 1.54) is 32.7 Å². The van der Waals surface area contributed by atoms with Crippen LogP contribution in [0.15, 0.2) is 108 Å². The van der Waals surface area contributed by atoms with Crippen LogP contribution >= 0.6 is 15.9 Å². The van der Waals surface area contributed by atoms with Gasteiger partial charge in [0.2, 0.25) is 0 Å². The molecule has 0 unspecified atom stereocenters. The van der Waals surface area contributed by atoms with Crippen molar-refractivity contribution in [3.8, 4) is 11.5 Å². The molecule has 6 rings (SSSR count). The average molecular weight is 547 g/mol. The Hall–Kier alpha value is -3.82. The van der Waals surface area contributed by atoms with Gasteiger partial charge in [0, 0.05) is 15.2 Å². The van der Waals surface area contributed by atoms with Gasteiger partial charge in [-0.05, 0) is 85.7 Å². The molecule has 6 aromatic rings. The van der Waals surface area contributed by atoms with Gasteiger partial charge in [0.15, 0.2) is 11.5 Å². The molecule has 2 nitrogen and oxygen atoms in total. The lowest BCUT2D eigenvalue weighted by Crippen LogP contribution is -2.02. The van der Waals surface area contributed by atoms with E-state index in [1.807, 2.05) is 36.4 Å². The highest BCUT2D eigenvalue weighted by Gasteiger charge is 2.19. The largest absolute Gasteiger partial charge is 0.485 e. The molecule has 0 radical (unpaired) electrons. The molecule has 0 fully saturated rings. The highest BCUT2D eigenvalue weighted by atomic mass is 79.9. The topological polar surface area (TPSA) is 18.5 Å². The molecule has 0 aromatic heterocycles. The second kappa shape index (κ2) is 9.91. The summed E-state index contributed by atoms with van der Waals surface area (Å²) in [6.45, 7) is 5.37. The molecule has 0 heterocycles. The number of hydrogen-bond acceptors (Lipinski definition) is 2. The number of halogens is 1. The molecule has 0 bridgehead atoms. The number of benzene rings is 6. The number of hydrogen-bond donors (Lipinski definition) is 0. The van der Waals surface area contributed by atoms with Crippen molar-refractivity contribution in [2.24, 2.45) is 0 Å². The van der Waals surface area contributed by atoms with E-state index in [0.717, 1.165) is 37.9 Å². The first-order valence-corrected chi connectivity index (χ1v) is 13.3. The number of rotatable bonds is 6. The zero-order valence-electron chi connectivity index (χ0n) is 20.9. The quantitative estimate of drug-likeness (QED) is 0.153. The smallest absolute Gasteiger partial charge is 0.169 e. The molecular weight excluding hydrogens is 520 g/mol. The summed E-state index contributed by atoms with van der Waals surface area (Å²) in [7, 11) is 0. The summed E-state index contributed by atoms with van der Waals surface area (Å²) in [6, 6.07) is 35.6. The van der Waals surface area contributed by atoms with Gasteiger partial charge >= 0.3 is 0 Å². The summed E-state index contributed by atoms with van der Waals surface area (Å²) >= 11 is 3.91.